The van der Waals surface area contributed by atoms with Gasteiger partial charge in [0.25, 0.3) is 0 Å². The van der Waals surface area contributed by atoms with Gasteiger partial charge in [-0.1, -0.05) is 0 Å². The molecule has 1 N–H and O–H groups in total. The fraction of sp³-hybridized carbons (Fsp3) is 1.00. The van der Waals surface area contributed by atoms with Crippen molar-refractivity contribution in [3.05, 3.63) is 0 Å². The lowest BCUT2D eigenvalue weighted by molar-refractivity contribution is 0.0295. The van der Waals surface area contributed by atoms with Crippen LogP contribution < -0.4 is 5.32 Å². The van der Waals surface area contributed by atoms with Crippen LogP contribution >= 0.6 is 0 Å². The topological polar surface area (TPSA) is 39.7 Å². The molecular formula is C11H25NO3. The summed E-state index contributed by atoms with van der Waals surface area (Å²) >= 11 is 0. The van der Waals surface area contributed by atoms with Crippen molar-refractivity contribution in [2.45, 2.75) is 32.9 Å². The van der Waals surface area contributed by atoms with E-state index in [1.54, 1.807) is 7.11 Å². The maximum absolute atomic E-state index is 5.55. The van der Waals surface area contributed by atoms with Gasteiger partial charge in [-0.3, -0.25) is 0 Å². The molecule has 92 valence electrons. The van der Waals surface area contributed by atoms with Gasteiger partial charge in [-0.15, -0.1) is 0 Å². The number of nitrogens with one attached hydrogen (secondary N) is 1. The molecule has 0 saturated carbocycles. The summed E-state index contributed by atoms with van der Waals surface area (Å²) in [6, 6.07) is 0.252. The minimum absolute atomic E-state index is 0.252. The number of ether oxygens (including phenoxy) is 3. The van der Waals surface area contributed by atoms with Crippen LogP contribution in [0.3, 0.4) is 0 Å². The van der Waals surface area contributed by atoms with E-state index in [0.717, 1.165) is 13.2 Å². The second-order valence-corrected chi connectivity index (χ2v) is 3.69. The maximum atomic E-state index is 5.55. The summed E-state index contributed by atoms with van der Waals surface area (Å²) in [4.78, 5) is 0. The van der Waals surface area contributed by atoms with Gasteiger partial charge in [0.1, 0.15) is 0 Å². The highest BCUT2D eigenvalue weighted by Crippen LogP contribution is 1.93. The van der Waals surface area contributed by atoms with Crippen molar-refractivity contribution in [2.75, 3.05) is 40.1 Å². The molecule has 0 aliphatic heterocycles. The van der Waals surface area contributed by atoms with Crippen molar-refractivity contribution in [2.24, 2.45) is 0 Å². The first-order chi connectivity index (χ1) is 7.20. The zero-order valence-electron chi connectivity index (χ0n) is 10.4. The van der Waals surface area contributed by atoms with Crippen LogP contribution in [0, 0.1) is 0 Å². The molecule has 15 heavy (non-hydrogen) atoms. The van der Waals surface area contributed by atoms with Gasteiger partial charge in [0.2, 0.25) is 0 Å². The first-order valence-electron chi connectivity index (χ1n) is 5.62. The molecule has 4 heteroatoms. The van der Waals surface area contributed by atoms with Gasteiger partial charge in [-0.2, -0.15) is 0 Å². The largest absolute Gasteiger partial charge is 0.383 e. The van der Waals surface area contributed by atoms with Crippen LogP contribution in [0.1, 0.15) is 20.8 Å². The second-order valence-electron chi connectivity index (χ2n) is 3.69. The van der Waals surface area contributed by atoms with Gasteiger partial charge in [-0.05, 0) is 20.8 Å². The predicted octanol–water partition coefficient (Wildman–Crippen LogP) is 1.05. The molecule has 0 radical (unpaired) electrons. The van der Waals surface area contributed by atoms with Crippen molar-refractivity contribution in [1.82, 2.24) is 5.32 Å². The Bertz CT molecular complexity index is 131. The number of rotatable bonds is 10. The van der Waals surface area contributed by atoms with Gasteiger partial charge in [-0.25, -0.2) is 0 Å². The van der Waals surface area contributed by atoms with Crippen molar-refractivity contribution in [3.8, 4) is 0 Å². The van der Waals surface area contributed by atoms with Crippen LogP contribution in [0.5, 0.6) is 0 Å². The van der Waals surface area contributed by atoms with Crippen LogP contribution in [0.25, 0.3) is 0 Å². The predicted molar refractivity (Wildman–Crippen MR) is 61.2 cm³/mol. The second kappa shape index (κ2) is 10.4. The Balaban J connectivity index is 3.63. The zero-order chi connectivity index (χ0) is 11.5. The Hall–Kier alpha value is -0.160. The van der Waals surface area contributed by atoms with E-state index in [0.29, 0.717) is 19.8 Å². The summed E-state index contributed by atoms with van der Waals surface area (Å²) in [5.74, 6) is 0. The average Bonchev–Trinajstić information content (AvgIpc) is 2.21. The third kappa shape index (κ3) is 10.1. The lowest BCUT2D eigenvalue weighted by atomic mass is 10.3. The Morgan fingerprint density at radius 1 is 1.20 bits per heavy atom. The molecule has 0 spiro atoms. The molecule has 0 fully saturated rings. The highest BCUT2D eigenvalue weighted by atomic mass is 16.5. The van der Waals surface area contributed by atoms with Crippen LogP contribution in [-0.4, -0.2) is 52.2 Å². The molecule has 0 aromatic carbocycles. The molecule has 0 bridgehead atoms. The van der Waals surface area contributed by atoms with Crippen molar-refractivity contribution < 1.29 is 14.2 Å². The average molecular weight is 219 g/mol. The molecule has 0 rings (SSSR count). The first-order valence-corrected chi connectivity index (χ1v) is 5.62. The molecular weight excluding hydrogens is 194 g/mol. The van der Waals surface area contributed by atoms with E-state index >= 15 is 0 Å². The SMILES string of the molecule is CCOCC(COC(C)C)NCCOC. The number of hydrogen-bond acceptors (Lipinski definition) is 4. The van der Waals surface area contributed by atoms with Gasteiger partial charge in [0.05, 0.1) is 32.0 Å². The lowest BCUT2D eigenvalue weighted by Crippen LogP contribution is -2.40. The van der Waals surface area contributed by atoms with Gasteiger partial charge < -0.3 is 19.5 Å². The summed E-state index contributed by atoms with van der Waals surface area (Å²) < 4.78 is 15.9. The third-order valence-electron chi connectivity index (χ3n) is 1.89. The molecule has 0 heterocycles. The Labute approximate surface area is 93.3 Å². The minimum atomic E-state index is 0.252. The Morgan fingerprint density at radius 3 is 2.47 bits per heavy atom. The van der Waals surface area contributed by atoms with E-state index in [2.05, 4.69) is 5.32 Å². The summed E-state index contributed by atoms with van der Waals surface area (Å²) in [6.45, 7) is 9.72. The van der Waals surface area contributed by atoms with Crippen LogP contribution in [-0.2, 0) is 14.2 Å². The van der Waals surface area contributed by atoms with Crippen LogP contribution in [0.4, 0.5) is 0 Å². The molecule has 0 aromatic heterocycles. The molecule has 4 nitrogen and oxygen atoms in total. The minimum Gasteiger partial charge on any atom is -0.383 e. The fourth-order valence-corrected chi connectivity index (χ4v) is 1.10. The molecule has 0 aliphatic rings. The summed E-state index contributed by atoms with van der Waals surface area (Å²) in [7, 11) is 1.70. The van der Waals surface area contributed by atoms with E-state index in [1.165, 1.54) is 0 Å². The van der Waals surface area contributed by atoms with Gasteiger partial charge in [0, 0.05) is 20.3 Å². The fourth-order valence-electron chi connectivity index (χ4n) is 1.10. The van der Waals surface area contributed by atoms with Crippen molar-refractivity contribution >= 4 is 0 Å². The quantitative estimate of drug-likeness (QED) is 0.558. The third-order valence-corrected chi connectivity index (χ3v) is 1.89. The zero-order valence-corrected chi connectivity index (χ0v) is 10.4. The van der Waals surface area contributed by atoms with E-state index < -0.39 is 0 Å². The van der Waals surface area contributed by atoms with Crippen molar-refractivity contribution in [3.63, 3.8) is 0 Å². The highest BCUT2D eigenvalue weighted by Gasteiger charge is 2.08. The van der Waals surface area contributed by atoms with E-state index in [1.807, 2.05) is 20.8 Å². The Kier molecular flexibility index (Phi) is 10.3. The normalized spacial score (nSPS) is 13.4. The monoisotopic (exact) mass is 219 g/mol. The Morgan fingerprint density at radius 2 is 1.93 bits per heavy atom. The van der Waals surface area contributed by atoms with E-state index in [-0.39, 0.29) is 12.1 Å². The van der Waals surface area contributed by atoms with Gasteiger partial charge >= 0.3 is 0 Å². The molecule has 1 unspecified atom stereocenters. The van der Waals surface area contributed by atoms with E-state index in [4.69, 9.17) is 14.2 Å². The van der Waals surface area contributed by atoms with Crippen molar-refractivity contribution in [1.29, 1.82) is 0 Å². The summed E-state index contributed by atoms with van der Waals surface area (Å²) in [5, 5.41) is 3.34. The molecule has 0 saturated heterocycles. The van der Waals surface area contributed by atoms with Crippen LogP contribution in [0.15, 0.2) is 0 Å². The highest BCUT2D eigenvalue weighted by molar-refractivity contribution is 4.65. The number of methoxy groups -OCH3 is 1. The molecule has 0 aliphatic carbocycles. The van der Waals surface area contributed by atoms with E-state index in [9.17, 15) is 0 Å². The molecule has 0 amide bonds. The number of hydrogen-bond donors (Lipinski definition) is 1. The molecule has 0 aromatic rings. The maximum Gasteiger partial charge on any atom is 0.0645 e. The smallest absolute Gasteiger partial charge is 0.0645 e. The summed E-state index contributed by atoms with van der Waals surface area (Å²) in [5.41, 5.74) is 0. The standard InChI is InChI=1S/C11H25NO3/c1-5-14-8-11(9-15-10(2)3)12-6-7-13-4/h10-12H,5-9H2,1-4H3. The molecule has 1 atom stereocenters. The first kappa shape index (κ1) is 14.8. The summed E-state index contributed by atoms with van der Waals surface area (Å²) in [6.07, 6.45) is 0.262. The van der Waals surface area contributed by atoms with Gasteiger partial charge in [0.15, 0.2) is 0 Å². The lowest BCUT2D eigenvalue weighted by Gasteiger charge is -2.19. The van der Waals surface area contributed by atoms with Crippen LogP contribution in [0.2, 0.25) is 0 Å².